The number of hydrogen-bond donors (Lipinski definition) is 4. The minimum atomic E-state index is -1.25. The fourth-order valence-corrected chi connectivity index (χ4v) is 4.60. The third-order valence-corrected chi connectivity index (χ3v) is 6.48. The van der Waals surface area contributed by atoms with E-state index in [1.54, 1.807) is 0 Å². The number of carbonyl (C=O) groups is 1. The molecular formula is C21H32N4O2. The van der Waals surface area contributed by atoms with Gasteiger partial charge in [-0.1, -0.05) is 36.8 Å². The molecule has 3 fully saturated rings. The summed E-state index contributed by atoms with van der Waals surface area (Å²) in [6.07, 6.45) is 5.18. The molecule has 3 aliphatic rings. The van der Waals surface area contributed by atoms with Crippen molar-refractivity contribution in [2.75, 3.05) is 32.7 Å². The Morgan fingerprint density at radius 2 is 2.04 bits per heavy atom. The van der Waals surface area contributed by atoms with Gasteiger partial charge in [-0.3, -0.25) is 10.2 Å². The molecule has 0 spiro atoms. The summed E-state index contributed by atoms with van der Waals surface area (Å²) in [6, 6.07) is 10.6. The zero-order valence-corrected chi connectivity index (χ0v) is 16.0. The van der Waals surface area contributed by atoms with E-state index >= 15 is 0 Å². The zero-order valence-electron chi connectivity index (χ0n) is 16.0. The van der Waals surface area contributed by atoms with Gasteiger partial charge in [0.1, 0.15) is 0 Å². The first-order chi connectivity index (χ1) is 13.2. The van der Waals surface area contributed by atoms with Crippen molar-refractivity contribution in [1.29, 1.82) is 0 Å². The summed E-state index contributed by atoms with van der Waals surface area (Å²) in [5.74, 6) is 0.947. The predicted molar refractivity (Wildman–Crippen MR) is 105 cm³/mol. The molecule has 3 unspecified atom stereocenters. The fourth-order valence-electron chi connectivity index (χ4n) is 4.60. The Labute approximate surface area is 161 Å². The van der Waals surface area contributed by atoms with Crippen molar-refractivity contribution < 1.29 is 9.90 Å². The summed E-state index contributed by atoms with van der Waals surface area (Å²) in [5.41, 5.74) is 6.60. The molecule has 4 N–H and O–H groups in total. The van der Waals surface area contributed by atoms with Crippen molar-refractivity contribution in [1.82, 2.24) is 21.1 Å². The van der Waals surface area contributed by atoms with Crippen molar-refractivity contribution in [3.63, 3.8) is 0 Å². The molecule has 1 aromatic rings. The lowest BCUT2D eigenvalue weighted by atomic mass is 9.83. The second kappa shape index (κ2) is 8.27. The first kappa shape index (κ1) is 18.9. The standard InChI is InChI=1S/C21H32N4O2/c26-20-21(27,10-5-11-25(20)14-16-6-4-7-16)15-22-12-18-13-23-24-19(18)17-8-2-1-3-9-17/h1-3,8-9,16,18-19,22-24,27H,4-7,10-15H2. The first-order valence-electron chi connectivity index (χ1n) is 10.4. The summed E-state index contributed by atoms with van der Waals surface area (Å²) in [5, 5.41) is 14.4. The van der Waals surface area contributed by atoms with Gasteiger partial charge in [-0.05, 0) is 37.2 Å². The van der Waals surface area contributed by atoms with Crippen molar-refractivity contribution in [3.05, 3.63) is 35.9 Å². The number of nitrogens with zero attached hydrogens (tertiary/aromatic N) is 1. The first-order valence-corrected chi connectivity index (χ1v) is 10.4. The summed E-state index contributed by atoms with van der Waals surface area (Å²) >= 11 is 0. The van der Waals surface area contributed by atoms with Crippen LogP contribution >= 0.6 is 0 Å². The van der Waals surface area contributed by atoms with E-state index in [0.717, 1.165) is 32.6 Å². The highest BCUT2D eigenvalue weighted by atomic mass is 16.3. The van der Waals surface area contributed by atoms with Crippen molar-refractivity contribution >= 4 is 5.91 Å². The van der Waals surface area contributed by atoms with E-state index in [1.165, 1.54) is 24.8 Å². The molecule has 148 valence electrons. The number of aliphatic hydroxyl groups is 1. The lowest BCUT2D eigenvalue weighted by Crippen LogP contribution is -2.59. The van der Waals surface area contributed by atoms with Gasteiger partial charge in [0.05, 0.1) is 6.04 Å². The van der Waals surface area contributed by atoms with E-state index in [4.69, 9.17) is 0 Å². The van der Waals surface area contributed by atoms with Gasteiger partial charge in [0, 0.05) is 38.6 Å². The normalized spacial score (nSPS) is 31.9. The van der Waals surface area contributed by atoms with Crippen LogP contribution in [0.4, 0.5) is 0 Å². The minimum absolute atomic E-state index is 0.0737. The molecule has 27 heavy (non-hydrogen) atoms. The Morgan fingerprint density at radius 3 is 2.78 bits per heavy atom. The van der Waals surface area contributed by atoms with E-state index < -0.39 is 5.60 Å². The molecule has 1 amide bonds. The number of nitrogens with one attached hydrogen (secondary N) is 3. The van der Waals surface area contributed by atoms with Crippen LogP contribution in [0.2, 0.25) is 0 Å². The van der Waals surface area contributed by atoms with Crippen LogP contribution in [0.1, 0.15) is 43.7 Å². The van der Waals surface area contributed by atoms with Gasteiger partial charge in [-0.2, -0.15) is 0 Å². The number of likely N-dealkylation sites (tertiary alicyclic amines) is 1. The number of carbonyl (C=O) groups excluding carboxylic acids is 1. The molecule has 1 saturated carbocycles. The van der Waals surface area contributed by atoms with E-state index in [-0.39, 0.29) is 11.9 Å². The van der Waals surface area contributed by atoms with Crippen molar-refractivity contribution in [2.45, 2.75) is 43.7 Å². The molecule has 4 rings (SSSR count). The second-order valence-corrected chi connectivity index (χ2v) is 8.49. The molecular weight excluding hydrogens is 340 g/mol. The van der Waals surface area contributed by atoms with Gasteiger partial charge in [0.25, 0.3) is 5.91 Å². The summed E-state index contributed by atoms with van der Waals surface area (Å²) < 4.78 is 0. The Balaban J connectivity index is 1.30. The molecule has 2 aliphatic heterocycles. The topological polar surface area (TPSA) is 76.6 Å². The molecule has 2 heterocycles. The largest absolute Gasteiger partial charge is 0.379 e. The third kappa shape index (κ3) is 4.19. The van der Waals surface area contributed by atoms with Crippen LogP contribution in [0.5, 0.6) is 0 Å². The number of hydrazine groups is 1. The zero-order chi connectivity index (χ0) is 18.7. The molecule has 0 bridgehead atoms. The molecule has 2 saturated heterocycles. The van der Waals surface area contributed by atoms with Gasteiger partial charge in [-0.15, -0.1) is 0 Å². The van der Waals surface area contributed by atoms with Crippen LogP contribution in [0.25, 0.3) is 0 Å². The Morgan fingerprint density at radius 1 is 1.22 bits per heavy atom. The van der Waals surface area contributed by atoms with E-state index in [1.807, 2.05) is 11.0 Å². The average molecular weight is 373 g/mol. The van der Waals surface area contributed by atoms with Gasteiger partial charge < -0.3 is 15.3 Å². The summed E-state index contributed by atoms with van der Waals surface area (Å²) in [6.45, 7) is 3.59. The Bertz CT molecular complexity index is 636. The number of benzene rings is 1. The van der Waals surface area contributed by atoms with E-state index in [2.05, 4.69) is 40.4 Å². The number of amides is 1. The quantitative estimate of drug-likeness (QED) is 0.579. The van der Waals surface area contributed by atoms with E-state index in [0.29, 0.717) is 24.8 Å². The molecule has 1 aliphatic carbocycles. The summed E-state index contributed by atoms with van der Waals surface area (Å²) in [4.78, 5) is 14.8. The molecule has 3 atom stereocenters. The van der Waals surface area contributed by atoms with E-state index in [9.17, 15) is 9.90 Å². The molecule has 0 aromatic heterocycles. The van der Waals surface area contributed by atoms with Gasteiger partial charge >= 0.3 is 0 Å². The maximum atomic E-state index is 12.8. The maximum absolute atomic E-state index is 12.8. The van der Waals surface area contributed by atoms with Gasteiger partial charge in [0.15, 0.2) is 5.60 Å². The Hall–Kier alpha value is -1.47. The lowest BCUT2D eigenvalue weighted by molar-refractivity contribution is -0.157. The van der Waals surface area contributed by atoms with Crippen LogP contribution < -0.4 is 16.2 Å². The van der Waals surface area contributed by atoms with Crippen LogP contribution in [0.3, 0.4) is 0 Å². The fraction of sp³-hybridized carbons (Fsp3) is 0.667. The van der Waals surface area contributed by atoms with Crippen LogP contribution in [0, 0.1) is 11.8 Å². The number of hydrogen-bond acceptors (Lipinski definition) is 5. The molecule has 6 heteroatoms. The maximum Gasteiger partial charge on any atom is 0.255 e. The summed E-state index contributed by atoms with van der Waals surface area (Å²) in [7, 11) is 0. The van der Waals surface area contributed by atoms with Crippen molar-refractivity contribution in [2.24, 2.45) is 11.8 Å². The average Bonchev–Trinajstić information content (AvgIpc) is 3.11. The second-order valence-electron chi connectivity index (χ2n) is 8.49. The highest BCUT2D eigenvalue weighted by Gasteiger charge is 2.43. The van der Waals surface area contributed by atoms with Crippen LogP contribution in [-0.4, -0.2) is 54.2 Å². The molecule has 1 aromatic carbocycles. The predicted octanol–water partition coefficient (Wildman–Crippen LogP) is 1.19. The smallest absolute Gasteiger partial charge is 0.255 e. The Kier molecular flexibility index (Phi) is 5.78. The number of piperidine rings is 1. The third-order valence-electron chi connectivity index (χ3n) is 6.48. The number of rotatable bonds is 7. The highest BCUT2D eigenvalue weighted by Crippen LogP contribution is 2.30. The van der Waals surface area contributed by atoms with Gasteiger partial charge in [0.2, 0.25) is 0 Å². The van der Waals surface area contributed by atoms with Gasteiger partial charge in [-0.25, -0.2) is 5.43 Å². The SMILES string of the molecule is O=C1N(CC2CCC2)CCCC1(O)CNCC1CNNC1c1ccccc1. The molecule has 0 radical (unpaired) electrons. The molecule has 6 nitrogen and oxygen atoms in total. The monoisotopic (exact) mass is 372 g/mol. The minimum Gasteiger partial charge on any atom is -0.379 e. The van der Waals surface area contributed by atoms with Crippen molar-refractivity contribution in [3.8, 4) is 0 Å². The van der Waals surface area contributed by atoms with Crippen LogP contribution in [0.15, 0.2) is 30.3 Å². The highest BCUT2D eigenvalue weighted by molar-refractivity contribution is 5.86. The van der Waals surface area contributed by atoms with Crippen LogP contribution in [-0.2, 0) is 4.79 Å². The lowest BCUT2D eigenvalue weighted by Gasteiger charge is -2.41.